The largest absolute Gasteiger partial charge is 0.416 e. The quantitative estimate of drug-likeness (QED) is 0.540. The van der Waals surface area contributed by atoms with Crippen LogP contribution in [0.15, 0.2) is 47.4 Å². The van der Waals surface area contributed by atoms with Crippen molar-refractivity contribution >= 4 is 16.6 Å². The van der Waals surface area contributed by atoms with Crippen molar-refractivity contribution in [3.05, 3.63) is 64.7 Å². The second-order valence-corrected chi connectivity index (χ2v) is 8.59. The number of carbonyl (C=O) groups is 1. The molecule has 31 heavy (non-hydrogen) atoms. The summed E-state index contributed by atoms with van der Waals surface area (Å²) in [5.41, 5.74) is 0.204. The predicted molar refractivity (Wildman–Crippen MR) is 105 cm³/mol. The Morgan fingerprint density at radius 2 is 1.68 bits per heavy atom. The van der Waals surface area contributed by atoms with E-state index in [1.54, 1.807) is 6.92 Å². The average molecular weight is 465 g/mol. The number of nitrogens with one attached hydrogen (secondary N) is 1. The molecule has 0 fully saturated rings. The fraction of sp³-hybridized carbons (Fsp3) is 0.381. The highest BCUT2D eigenvalue weighted by Gasteiger charge is 2.30. The molecule has 1 N–H and O–H groups in total. The molecule has 0 bridgehead atoms. The van der Waals surface area contributed by atoms with E-state index in [4.69, 9.17) is 0 Å². The molecule has 170 valence electrons. The van der Waals surface area contributed by atoms with Crippen molar-refractivity contribution < 1.29 is 35.3 Å². The Balaban J connectivity index is 2.18. The number of hydrogen-bond donors (Lipinski definition) is 1. The molecular formula is C21H21F6NO2S. The van der Waals surface area contributed by atoms with E-state index in [2.05, 4.69) is 5.32 Å². The van der Waals surface area contributed by atoms with E-state index in [0.29, 0.717) is 16.0 Å². The third-order valence-electron chi connectivity index (χ3n) is 4.33. The van der Waals surface area contributed by atoms with Crippen molar-refractivity contribution in [2.24, 2.45) is 0 Å². The van der Waals surface area contributed by atoms with Crippen LogP contribution in [0.5, 0.6) is 0 Å². The summed E-state index contributed by atoms with van der Waals surface area (Å²) in [6.07, 6.45) is -9.33. The van der Waals surface area contributed by atoms with Crippen LogP contribution in [0.25, 0.3) is 0 Å². The number of alkyl halides is 6. The van der Waals surface area contributed by atoms with Gasteiger partial charge in [0.25, 0.3) is 0 Å². The van der Waals surface area contributed by atoms with Gasteiger partial charge < -0.3 is 5.32 Å². The summed E-state index contributed by atoms with van der Waals surface area (Å²) in [6, 6.07) is 9.00. The number of rotatable bonds is 9. The van der Waals surface area contributed by atoms with Gasteiger partial charge in [0, 0.05) is 30.0 Å². The molecule has 1 atom stereocenters. The number of ketones is 1. The summed E-state index contributed by atoms with van der Waals surface area (Å²) in [7, 11) is -1.41. The molecule has 0 saturated carbocycles. The van der Waals surface area contributed by atoms with Gasteiger partial charge in [-0.05, 0) is 28.8 Å². The van der Waals surface area contributed by atoms with E-state index in [0.717, 1.165) is 12.1 Å². The van der Waals surface area contributed by atoms with Crippen LogP contribution < -0.4 is 5.32 Å². The second kappa shape index (κ2) is 10.4. The molecule has 0 aliphatic carbocycles. The standard InChI is InChI=1S/C21H21F6NO2S/c1-2-31(30)19-7-6-15(12-28-13-20(22,23)24)8-16(19)11-18(29)10-14-4-3-5-17(9-14)21(25,26)27/h3-9,28H,2,10-13H2,1H3. The number of halogens is 6. The van der Waals surface area contributed by atoms with Crippen LogP contribution >= 0.6 is 0 Å². The number of carbonyl (C=O) groups excluding carboxylic acids is 1. The average Bonchev–Trinajstić information content (AvgIpc) is 2.66. The van der Waals surface area contributed by atoms with Gasteiger partial charge in [0.05, 0.1) is 22.9 Å². The molecule has 2 rings (SSSR count). The lowest BCUT2D eigenvalue weighted by Crippen LogP contribution is -2.28. The highest BCUT2D eigenvalue weighted by Crippen LogP contribution is 2.29. The summed E-state index contributed by atoms with van der Waals surface area (Å²) in [4.78, 5) is 12.9. The van der Waals surface area contributed by atoms with Gasteiger partial charge in [0.1, 0.15) is 5.78 Å². The number of benzene rings is 2. The minimum atomic E-state index is -4.53. The van der Waals surface area contributed by atoms with Gasteiger partial charge >= 0.3 is 12.4 Å². The highest BCUT2D eigenvalue weighted by molar-refractivity contribution is 7.85. The van der Waals surface area contributed by atoms with Gasteiger partial charge in [-0.15, -0.1) is 0 Å². The van der Waals surface area contributed by atoms with Gasteiger partial charge in [-0.1, -0.05) is 37.3 Å². The maximum atomic E-state index is 12.9. The topological polar surface area (TPSA) is 46.2 Å². The predicted octanol–water partition coefficient (Wildman–Crippen LogP) is 4.84. The molecule has 0 saturated heterocycles. The minimum Gasteiger partial charge on any atom is -0.305 e. The Hall–Kier alpha value is -2.20. The molecule has 2 aromatic rings. The molecule has 0 aromatic heterocycles. The lowest BCUT2D eigenvalue weighted by atomic mass is 10.00. The van der Waals surface area contributed by atoms with E-state index >= 15 is 0 Å². The first-order valence-corrected chi connectivity index (χ1v) is 10.7. The van der Waals surface area contributed by atoms with E-state index < -0.39 is 41.0 Å². The van der Waals surface area contributed by atoms with Gasteiger partial charge in [-0.3, -0.25) is 9.00 Å². The lowest BCUT2D eigenvalue weighted by molar-refractivity contribution is -0.137. The van der Waals surface area contributed by atoms with E-state index in [1.807, 2.05) is 0 Å². The molecule has 3 nitrogen and oxygen atoms in total. The number of Topliss-reactive ketones (excluding diaryl/α,β-unsaturated/α-hetero) is 1. The summed E-state index contributed by atoms with van der Waals surface area (Å²) >= 11 is 0. The molecule has 0 aliphatic heterocycles. The second-order valence-electron chi connectivity index (χ2n) is 6.89. The Morgan fingerprint density at radius 3 is 2.29 bits per heavy atom. The summed E-state index contributed by atoms with van der Waals surface area (Å²) in [5, 5.41) is 2.25. The first-order chi connectivity index (χ1) is 14.4. The van der Waals surface area contributed by atoms with Crippen molar-refractivity contribution in [1.29, 1.82) is 0 Å². The van der Waals surface area contributed by atoms with Gasteiger partial charge in [0.2, 0.25) is 0 Å². The number of hydrogen-bond acceptors (Lipinski definition) is 3. The SMILES string of the molecule is CCS(=O)c1ccc(CNCC(F)(F)F)cc1CC(=O)Cc1cccc(C(F)(F)F)c1. The van der Waals surface area contributed by atoms with Crippen LogP contribution in [-0.4, -0.2) is 28.5 Å². The van der Waals surface area contributed by atoms with Crippen molar-refractivity contribution in [2.45, 2.75) is 43.6 Å². The Labute approximate surface area is 178 Å². The van der Waals surface area contributed by atoms with Crippen LogP contribution in [0.1, 0.15) is 29.2 Å². The third-order valence-corrected chi connectivity index (χ3v) is 5.74. The maximum absolute atomic E-state index is 12.9. The summed E-state index contributed by atoms with van der Waals surface area (Å²) in [5.74, 6) is -0.116. The Bertz CT molecular complexity index is 940. The molecule has 10 heteroatoms. The lowest BCUT2D eigenvalue weighted by Gasteiger charge is -2.13. The van der Waals surface area contributed by atoms with Crippen LogP contribution in [0.2, 0.25) is 0 Å². The van der Waals surface area contributed by atoms with Gasteiger partial charge in [-0.2, -0.15) is 26.3 Å². The molecule has 0 amide bonds. The minimum absolute atomic E-state index is 0.104. The van der Waals surface area contributed by atoms with Crippen LogP contribution in [0, 0.1) is 0 Å². The van der Waals surface area contributed by atoms with Crippen LogP contribution in [0.3, 0.4) is 0 Å². The fourth-order valence-electron chi connectivity index (χ4n) is 2.97. The van der Waals surface area contributed by atoms with Gasteiger partial charge in [-0.25, -0.2) is 0 Å². The Morgan fingerprint density at radius 1 is 0.968 bits per heavy atom. The third kappa shape index (κ3) is 8.10. The molecule has 0 heterocycles. The van der Waals surface area contributed by atoms with Crippen molar-refractivity contribution in [3.63, 3.8) is 0 Å². The smallest absolute Gasteiger partial charge is 0.305 e. The van der Waals surface area contributed by atoms with E-state index in [1.165, 1.54) is 30.3 Å². The maximum Gasteiger partial charge on any atom is 0.416 e. The zero-order valence-corrected chi connectivity index (χ0v) is 17.4. The van der Waals surface area contributed by atoms with E-state index in [9.17, 15) is 35.3 Å². The fourth-order valence-corrected chi connectivity index (χ4v) is 3.92. The summed E-state index contributed by atoms with van der Waals surface area (Å²) < 4.78 is 87.8. The first kappa shape index (κ1) is 25.1. The van der Waals surface area contributed by atoms with E-state index in [-0.39, 0.29) is 30.7 Å². The first-order valence-electron chi connectivity index (χ1n) is 9.34. The van der Waals surface area contributed by atoms with Crippen LogP contribution in [0.4, 0.5) is 26.3 Å². The van der Waals surface area contributed by atoms with Gasteiger partial charge in [0.15, 0.2) is 0 Å². The molecule has 1 unspecified atom stereocenters. The molecule has 0 spiro atoms. The van der Waals surface area contributed by atoms with Crippen molar-refractivity contribution in [2.75, 3.05) is 12.3 Å². The molecular weight excluding hydrogens is 444 g/mol. The van der Waals surface area contributed by atoms with Crippen LogP contribution in [-0.2, 0) is 41.2 Å². The van der Waals surface area contributed by atoms with Crippen molar-refractivity contribution in [1.82, 2.24) is 5.32 Å². The monoisotopic (exact) mass is 465 g/mol. The zero-order chi connectivity index (χ0) is 23.2. The molecule has 2 aromatic carbocycles. The summed E-state index contributed by atoms with van der Waals surface area (Å²) in [6.45, 7) is 0.399. The molecule has 0 aliphatic rings. The zero-order valence-electron chi connectivity index (χ0n) is 16.6. The van der Waals surface area contributed by atoms with Crippen molar-refractivity contribution in [3.8, 4) is 0 Å². The normalized spacial score (nSPS) is 13.3. The molecule has 0 radical (unpaired) electrons. The highest BCUT2D eigenvalue weighted by atomic mass is 32.2. The Kier molecular flexibility index (Phi) is 8.41.